The van der Waals surface area contributed by atoms with Crippen LogP contribution in [0.3, 0.4) is 0 Å². The molecule has 4 nitrogen and oxygen atoms in total. The number of carbonyl (C=O) groups excluding carboxylic acids is 2. The summed E-state index contributed by atoms with van der Waals surface area (Å²) < 4.78 is 0. The average Bonchev–Trinajstić information content (AvgIpc) is 1.87. The molecule has 0 atom stereocenters. The maximum absolute atomic E-state index is 10.5. The van der Waals surface area contributed by atoms with Gasteiger partial charge < -0.3 is 11.1 Å². The summed E-state index contributed by atoms with van der Waals surface area (Å²) in [6.45, 7) is 0.265. The second-order valence-corrected chi connectivity index (χ2v) is 1.98. The van der Waals surface area contributed by atoms with Gasteiger partial charge in [0.25, 0.3) is 0 Å². The first kappa shape index (κ1) is 9.23. The monoisotopic (exact) mass is 164 g/mol. The molecule has 0 spiro atoms. The zero-order chi connectivity index (χ0) is 7.98. The van der Waals surface area contributed by atoms with Gasteiger partial charge in [0, 0.05) is 13.0 Å². The number of rotatable bonds is 4. The van der Waals surface area contributed by atoms with Gasteiger partial charge in [0.05, 0.1) is 5.88 Å². The molecular weight excluding hydrogens is 156 g/mol. The van der Waals surface area contributed by atoms with Crippen LogP contribution < -0.4 is 11.1 Å². The van der Waals surface area contributed by atoms with E-state index >= 15 is 0 Å². The summed E-state index contributed by atoms with van der Waals surface area (Å²) >= 11 is 5.17. The maximum atomic E-state index is 10.5. The Bertz CT molecular complexity index is 138. The van der Waals surface area contributed by atoms with Crippen molar-refractivity contribution in [1.82, 2.24) is 5.32 Å². The van der Waals surface area contributed by atoms with Crippen molar-refractivity contribution in [2.24, 2.45) is 5.73 Å². The molecule has 0 aromatic rings. The van der Waals surface area contributed by atoms with Crippen LogP contribution in [-0.2, 0) is 4.79 Å². The third-order valence-electron chi connectivity index (χ3n) is 0.852. The van der Waals surface area contributed by atoms with E-state index in [-0.39, 0.29) is 24.6 Å². The van der Waals surface area contributed by atoms with Gasteiger partial charge in [-0.15, -0.1) is 11.6 Å². The van der Waals surface area contributed by atoms with E-state index in [1.165, 1.54) is 0 Å². The molecule has 3 N–H and O–H groups in total. The van der Waals surface area contributed by atoms with Gasteiger partial charge in [-0.3, -0.25) is 4.79 Å². The summed E-state index contributed by atoms with van der Waals surface area (Å²) in [6, 6.07) is -0.623. The summed E-state index contributed by atoms with van der Waals surface area (Å²) in [5, 5.41) is 2.27. The van der Waals surface area contributed by atoms with Crippen LogP contribution in [0, 0.1) is 0 Å². The number of primary amides is 1. The van der Waals surface area contributed by atoms with E-state index in [0.717, 1.165) is 0 Å². The van der Waals surface area contributed by atoms with Crippen molar-refractivity contribution >= 4 is 23.4 Å². The van der Waals surface area contributed by atoms with Crippen molar-refractivity contribution in [1.29, 1.82) is 0 Å². The van der Waals surface area contributed by atoms with Crippen LogP contribution in [0.1, 0.15) is 6.42 Å². The Morgan fingerprint density at radius 3 is 2.50 bits per heavy atom. The van der Waals surface area contributed by atoms with Gasteiger partial charge in [-0.2, -0.15) is 0 Å². The number of ketones is 1. The zero-order valence-electron chi connectivity index (χ0n) is 5.39. The normalized spacial score (nSPS) is 8.90. The van der Waals surface area contributed by atoms with E-state index < -0.39 is 6.03 Å². The molecule has 0 heterocycles. The topological polar surface area (TPSA) is 72.2 Å². The zero-order valence-corrected chi connectivity index (χ0v) is 6.15. The Hall–Kier alpha value is -0.770. The van der Waals surface area contributed by atoms with Gasteiger partial charge in [0.2, 0.25) is 0 Å². The molecule has 0 bridgehead atoms. The molecule has 0 aliphatic carbocycles. The number of Topliss-reactive ketones (excluding diaryl/α,β-unsaturated/α-hetero) is 1. The van der Waals surface area contributed by atoms with Crippen molar-refractivity contribution in [3.05, 3.63) is 0 Å². The van der Waals surface area contributed by atoms with Gasteiger partial charge in [-0.05, 0) is 0 Å². The summed E-state index contributed by atoms with van der Waals surface area (Å²) in [6.07, 6.45) is 0.242. The lowest BCUT2D eigenvalue weighted by Gasteiger charge is -1.97. The van der Waals surface area contributed by atoms with Crippen molar-refractivity contribution in [2.75, 3.05) is 12.4 Å². The molecule has 0 fully saturated rings. The largest absolute Gasteiger partial charge is 0.352 e. The fourth-order valence-corrected chi connectivity index (χ4v) is 0.526. The second kappa shape index (κ2) is 5.05. The highest BCUT2D eigenvalue weighted by Gasteiger charge is 1.98. The number of hydrogen-bond donors (Lipinski definition) is 2. The summed E-state index contributed by atoms with van der Waals surface area (Å²) in [5.41, 5.74) is 4.73. The number of hydrogen-bond acceptors (Lipinski definition) is 2. The minimum absolute atomic E-state index is 0.0135. The highest BCUT2D eigenvalue weighted by Crippen LogP contribution is 1.83. The standard InChI is InChI=1S/C5H9ClN2O2/c6-3-4(9)1-2-8-5(7)10/h1-3H2,(H3,7,8,10). The fourth-order valence-electron chi connectivity index (χ4n) is 0.392. The van der Waals surface area contributed by atoms with Crippen molar-refractivity contribution < 1.29 is 9.59 Å². The van der Waals surface area contributed by atoms with E-state index in [4.69, 9.17) is 17.3 Å². The lowest BCUT2D eigenvalue weighted by atomic mass is 10.3. The number of nitrogens with two attached hydrogens (primary N) is 1. The number of urea groups is 1. The van der Waals surface area contributed by atoms with Crippen LogP contribution in [-0.4, -0.2) is 24.2 Å². The molecule has 0 aliphatic heterocycles. The fraction of sp³-hybridized carbons (Fsp3) is 0.600. The van der Waals surface area contributed by atoms with Crippen LogP contribution in [0.4, 0.5) is 4.79 Å². The molecule has 0 aromatic carbocycles. The third kappa shape index (κ3) is 5.37. The predicted octanol–water partition coefficient (Wildman–Crippen LogP) is -0.147. The van der Waals surface area contributed by atoms with Crippen molar-refractivity contribution in [2.45, 2.75) is 6.42 Å². The lowest BCUT2D eigenvalue weighted by Crippen LogP contribution is -2.31. The molecule has 0 rings (SSSR count). The van der Waals surface area contributed by atoms with Gasteiger partial charge >= 0.3 is 6.03 Å². The van der Waals surface area contributed by atoms with Crippen LogP contribution in [0.25, 0.3) is 0 Å². The summed E-state index contributed by atoms with van der Waals surface area (Å²) in [7, 11) is 0. The average molecular weight is 165 g/mol. The van der Waals surface area contributed by atoms with E-state index in [2.05, 4.69) is 5.32 Å². The van der Waals surface area contributed by atoms with Gasteiger partial charge in [-0.1, -0.05) is 0 Å². The molecule has 2 amide bonds. The maximum Gasteiger partial charge on any atom is 0.312 e. The Balaban J connectivity index is 3.20. The number of amides is 2. The van der Waals surface area contributed by atoms with Crippen LogP contribution in [0.2, 0.25) is 0 Å². The van der Waals surface area contributed by atoms with Crippen LogP contribution in [0.15, 0.2) is 0 Å². The summed E-state index contributed by atoms with van der Waals surface area (Å²) in [4.78, 5) is 20.5. The Labute approximate surface area is 63.7 Å². The number of halogens is 1. The Morgan fingerprint density at radius 2 is 2.10 bits per heavy atom. The molecule has 5 heteroatoms. The quantitative estimate of drug-likeness (QED) is 0.568. The van der Waals surface area contributed by atoms with E-state index in [1.807, 2.05) is 0 Å². The van der Waals surface area contributed by atoms with Crippen molar-refractivity contribution in [3.8, 4) is 0 Å². The number of carbonyl (C=O) groups is 2. The molecule has 0 aliphatic rings. The number of alkyl halides is 1. The van der Waals surface area contributed by atoms with Crippen LogP contribution >= 0.6 is 11.6 Å². The highest BCUT2D eigenvalue weighted by atomic mass is 35.5. The molecule has 0 radical (unpaired) electrons. The highest BCUT2D eigenvalue weighted by molar-refractivity contribution is 6.27. The van der Waals surface area contributed by atoms with Crippen molar-refractivity contribution in [3.63, 3.8) is 0 Å². The molecule has 0 unspecified atom stereocenters. The van der Waals surface area contributed by atoms with Gasteiger partial charge in [0.1, 0.15) is 5.78 Å². The smallest absolute Gasteiger partial charge is 0.312 e. The molecule has 58 valence electrons. The van der Waals surface area contributed by atoms with E-state index in [1.54, 1.807) is 0 Å². The van der Waals surface area contributed by atoms with Gasteiger partial charge in [-0.25, -0.2) is 4.79 Å². The Kier molecular flexibility index (Phi) is 4.66. The first-order valence-corrected chi connectivity index (χ1v) is 3.31. The molecule has 10 heavy (non-hydrogen) atoms. The lowest BCUT2D eigenvalue weighted by molar-refractivity contribution is -0.116. The molecular formula is C5H9ClN2O2. The van der Waals surface area contributed by atoms with Crippen LogP contribution in [0.5, 0.6) is 0 Å². The predicted molar refractivity (Wildman–Crippen MR) is 37.9 cm³/mol. The minimum atomic E-state index is -0.623. The first-order chi connectivity index (χ1) is 4.66. The first-order valence-electron chi connectivity index (χ1n) is 2.77. The molecule has 0 aromatic heterocycles. The summed E-state index contributed by atoms with van der Waals surface area (Å²) in [5.74, 6) is -0.115. The van der Waals surface area contributed by atoms with Gasteiger partial charge in [0.15, 0.2) is 0 Å². The molecule has 0 saturated carbocycles. The molecule has 0 saturated heterocycles. The SMILES string of the molecule is NC(=O)NCCC(=O)CCl. The number of nitrogens with one attached hydrogen (secondary N) is 1. The van der Waals surface area contributed by atoms with E-state index in [9.17, 15) is 9.59 Å². The Morgan fingerprint density at radius 1 is 1.50 bits per heavy atom. The third-order valence-corrected chi connectivity index (χ3v) is 1.15. The van der Waals surface area contributed by atoms with E-state index in [0.29, 0.717) is 0 Å². The minimum Gasteiger partial charge on any atom is -0.352 e. The second-order valence-electron chi connectivity index (χ2n) is 1.71.